The largest absolute Gasteiger partial charge is 0.478 e. The lowest BCUT2D eigenvalue weighted by Crippen LogP contribution is -2.14. The highest BCUT2D eigenvalue weighted by atomic mass is 32.2. The van der Waals surface area contributed by atoms with E-state index in [2.05, 4.69) is 17.4 Å². The van der Waals surface area contributed by atoms with Gasteiger partial charge in [-0.25, -0.2) is 4.79 Å². The van der Waals surface area contributed by atoms with Gasteiger partial charge in [-0.3, -0.25) is 4.79 Å². The van der Waals surface area contributed by atoms with E-state index in [1.807, 2.05) is 30.3 Å². The Morgan fingerprint density at radius 2 is 1.56 bits per heavy atom. The van der Waals surface area contributed by atoms with E-state index in [1.54, 1.807) is 48.2 Å². The molecule has 5 heteroatoms. The quantitative estimate of drug-likeness (QED) is 0.571. The molecule has 0 atom stereocenters. The van der Waals surface area contributed by atoms with Crippen LogP contribution in [0.2, 0.25) is 0 Å². The van der Waals surface area contributed by atoms with Gasteiger partial charge in [-0.2, -0.15) is 0 Å². The summed E-state index contributed by atoms with van der Waals surface area (Å²) in [6.07, 6.45) is 0.903. The number of nitrogens with one attached hydrogen (secondary N) is 1. The average Bonchev–Trinajstić information content (AvgIpc) is 2.70. The highest BCUT2D eigenvalue weighted by Crippen LogP contribution is 2.26. The Balaban J connectivity index is 1.69. The summed E-state index contributed by atoms with van der Waals surface area (Å²) < 4.78 is 0. The average molecular weight is 377 g/mol. The van der Waals surface area contributed by atoms with E-state index >= 15 is 0 Å². The topological polar surface area (TPSA) is 66.4 Å². The molecule has 136 valence electrons. The molecular formula is C22H19NO3S. The van der Waals surface area contributed by atoms with Gasteiger partial charge in [0.15, 0.2) is 0 Å². The third-order valence-electron chi connectivity index (χ3n) is 4.01. The van der Waals surface area contributed by atoms with E-state index in [0.29, 0.717) is 11.3 Å². The highest BCUT2D eigenvalue weighted by Gasteiger charge is 2.14. The van der Waals surface area contributed by atoms with Crippen molar-refractivity contribution in [1.82, 2.24) is 0 Å². The van der Waals surface area contributed by atoms with Gasteiger partial charge in [-0.1, -0.05) is 48.5 Å². The van der Waals surface area contributed by atoms with Crippen molar-refractivity contribution in [2.24, 2.45) is 0 Å². The van der Waals surface area contributed by atoms with Gasteiger partial charge < -0.3 is 10.4 Å². The molecule has 0 aromatic heterocycles. The van der Waals surface area contributed by atoms with Crippen LogP contribution in [0.25, 0.3) is 0 Å². The summed E-state index contributed by atoms with van der Waals surface area (Å²) in [6.45, 7) is 0. The first-order valence-corrected chi connectivity index (χ1v) is 9.52. The predicted molar refractivity (Wildman–Crippen MR) is 109 cm³/mol. The van der Waals surface area contributed by atoms with Crippen LogP contribution in [0.4, 0.5) is 5.69 Å². The Morgan fingerprint density at radius 3 is 2.22 bits per heavy atom. The molecule has 27 heavy (non-hydrogen) atoms. The smallest absolute Gasteiger partial charge is 0.337 e. The molecule has 3 aromatic rings. The second kappa shape index (κ2) is 9.05. The number of rotatable bonds is 7. The Morgan fingerprint density at radius 1 is 0.889 bits per heavy atom. The van der Waals surface area contributed by atoms with Crippen LogP contribution in [-0.2, 0) is 6.42 Å². The van der Waals surface area contributed by atoms with Gasteiger partial charge in [0.2, 0.25) is 0 Å². The van der Waals surface area contributed by atoms with Crippen LogP contribution in [0.5, 0.6) is 0 Å². The third kappa shape index (κ3) is 5.21. The molecular weight excluding hydrogens is 358 g/mol. The van der Waals surface area contributed by atoms with Crippen LogP contribution in [0, 0.1) is 0 Å². The summed E-state index contributed by atoms with van der Waals surface area (Å²) in [6, 6.07) is 24.0. The molecule has 0 saturated heterocycles. The molecule has 0 aliphatic heterocycles. The summed E-state index contributed by atoms with van der Waals surface area (Å²) >= 11 is 1.59. The number of carbonyl (C=O) groups is 2. The number of carbonyl (C=O) groups excluding carboxylic acids is 1. The number of carboxylic acids is 1. The Hall–Kier alpha value is -3.05. The Kier molecular flexibility index (Phi) is 6.28. The molecule has 0 saturated carbocycles. The van der Waals surface area contributed by atoms with E-state index in [4.69, 9.17) is 0 Å². The van der Waals surface area contributed by atoms with Crippen LogP contribution in [0.1, 0.15) is 26.3 Å². The number of hydrogen-bond donors (Lipinski definition) is 2. The number of thioether (sulfide) groups is 1. The van der Waals surface area contributed by atoms with Crippen molar-refractivity contribution in [3.8, 4) is 0 Å². The van der Waals surface area contributed by atoms with Crippen molar-refractivity contribution in [2.75, 3.05) is 11.1 Å². The van der Waals surface area contributed by atoms with Crippen LogP contribution < -0.4 is 5.32 Å². The summed E-state index contributed by atoms with van der Waals surface area (Å²) in [5, 5.41) is 12.2. The number of aryl methyl sites for hydroxylation is 1. The minimum atomic E-state index is -1.07. The second-order valence-corrected chi connectivity index (χ2v) is 7.09. The maximum Gasteiger partial charge on any atom is 0.337 e. The number of hydrogen-bond acceptors (Lipinski definition) is 3. The fourth-order valence-electron chi connectivity index (χ4n) is 2.61. The van der Waals surface area contributed by atoms with Gasteiger partial charge in [0.25, 0.3) is 5.91 Å². The van der Waals surface area contributed by atoms with E-state index in [1.165, 1.54) is 5.56 Å². The number of benzene rings is 3. The van der Waals surface area contributed by atoms with Crippen LogP contribution in [-0.4, -0.2) is 22.7 Å². The Labute approximate surface area is 162 Å². The minimum absolute atomic E-state index is 0.0870. The van der Waals surface area contributed by atoms with Gasteiger partial charge in [0.05, 0.1) is 11.3 Å². The van der Waals surface area contributed by atoms with E-state index in [0.717, 1.165) is 17.1 Å². The first-order valence-electron chi connectivity index (χ1n) is 8.54. The molecule has 4 nitrogen and oxygen atoms in total. The lowest BCUT2D eigenvalue weighted by Gasteiger charge is -2.10. The maximum atomic E-state index is 12.3. The van der Waals surface area contributed by atoms with Crippen LogP contribution in [0.15, 0.2) is 83.8 Å². The second-order valence-electron chi connectivity index (χ2n) is 5.92. The molecule has 3 aromatic carbocycles. The van der Waals surface area contributed by atoms with Crippen LogP contribution in [0.3, 0.4) is 0 Å². The number of aromatic carboxylic acids is 1. The predicted octanol–water partition coefficient (Wildman–Crippen LogP) is 4.97. The number of anilines is 1. The molecule has 0 bridgehead atoms. The van der Waals surface area contributed by atoms with Gasteiger partial charge in [-0.15, -0.1) is 11.8 Å². The fourth-order valence-corrected chi connectivity index (χ4v) is 3.55. The van der Waals surface area contributed by atoms with E-state index in [-0.39, 0.29) is 11.5 Å². The van der Waals surface area contributed by atoms with Gasteiger partial charge in [0.1, 0.15) is 0 Å². The van der Waals surface area contributed by atoms with E-state index in [9.17, 15) is 14.7 Å². The molecule has 2 N–H and O–H groups in total. The van der Waals surface area contributed by atoms with Crippen molar-refractivity contribution in [1.29, 1.82) is 0 Å². The van der Waals surface area contributed by atoms with Gasteiger partial charge in [-0.05, 0) is 42.3 Å². The van der Waals surface area contributed by atoms with Gasteiger partial charge in [0, 0.05) is 16.2 Å². The first kappa shape index (κ1) is 18.7. The standard InChI is InChI=1S/C22H19NO3S/c24-21(17-9-5-2-6-10-17)23-20-12-11-18(15-19(20)22(25)26)27-14-13-16-7-3-1-4-8-16/h1-12,15H,13-14H2,(H,23,24)(H,25,26). The number of amides is 1. The zero-order chi connectivity index (χ0) is 19.1. The molecule has 0 fully saturated rings. The lowest BCUT2D eigenvalue weighted by molar-refractivity contribution is 0.0697. The summed E-state index contributed by atoms with van der Waals surface area (Å²) in [5.41, 5.74) is 2.11. The SMILES string of the molecule is O=C(Nc1ccc(SCCc2ccccc2)cc1C(=O)O)c1ccccc1. The van der Waals surface area contributed by atoms with Crippen molar-refractivity contribution in [2.45, 2.75) is 11.3 Å². The third-order valence-corrected chi connectivity index (χ3v) is 5.00. The normalized spacial score (nSPS) is 10.4. The van der Waals surface area contributed by atoms with Crippen molar-refractivity contribution in [3.05, 3.63) is 95.6 Å². The van der Waals surface area contributed by atoms with E-state index < -0.39 is 5.97 Å². The molecule has 1 amide bonds. The monoisotopic (exact) mass is 377 g/mol. The molecule has 0 unspecified atom stereocenters. The van der Waals surface area contributed by atoms with Crippen LogP contribution >= 0.6 is 11.8 Å². The molecule has 0 spiro atoms. The van der Waals surface area contributed by atoms with Crippen molar-refractivity contribution in [3.63, 3.8) is 0 Å². The highest BCUT2D eigenvalue weighted by molar-refractivity contribution is 7.99. The fraction of sp³-hybridized carbons (Fsp3) is 0.0909. The lowest BCUT2D eigenvalue weighted by atomic mass is 10.1. The molecule has 0 aliphatic rings. The molecule has 0 heterocycles. The molecule has 3 rings (SSSR count). The zero-order valence-corrected chi connectivity index (χ0v) is 15.4. The van der Waals surface area contributed by atoms with Crippen molar-refractivity contribution >= 4 is 29.3 Å². The van der Waals surface area contributed by atoms with Crippen molar-refractivity contribution < 1.29 is 14.7 Å². The molecule has 0 aliphatic carbocycles. The zero-order valence-electron chi connectivity index (χ0n) is 14.6. The summed E-state index contributed by atoms with van der Waals surface area (Å²) in [7, 11) is 0. The Bertz CT molecular complexity index is 927. The maximum absolute atomic E-state index is 12.3. The number of carboxylic acid groups (broad SMARTS) is 1. The molecule has 0 radical (unpaired) electrons. The summed E-state index contributed by atoms with van der Waals surface area (Å²) in [5.74, 6) is -0.551. The first-order chi connectivity index (χ1) is 13.1. The summed E-state index contributed by atoms with van der Waals surface area (Å²) in [4.78, 5) is 24.8. The minimum Gasteiger partial charge on any atom is -0.478 e. The van der Waals surface area contributed by atoms with Gasteiger partial charge >= 0.3 is 5.97 Å².